The summed E-state index contributed by atoms with van der Waals surface area (Å²) in [7, 11) is 0. The number of rotatable bonds is 0. The van der Waals surface area contributed by atoms with Crippen molar-refractivity contribution in [2.24, 2.45) is 0 Å². The second-order valence-corrected chi connectivity index (χ2v) is 3.13. The monoisotopic (exact) mass is 169 g/mol. The number of halogens is 2. The van der Waals surface area contributed by atoms with E-state index < -0.39 is 11.6 Å². The van der Waals surface area contributed by atoms with Gasteiger partial charge in [-0.15, -0.1) is 0 Å². The van der Waals surface area contributed by atoms with Gasteiger partial charge in [-0.25, -0.2) is 8.78 Å². The van der Waals surface area contributed by atoms with Gasteiger partial charge in [0, 0.05) is 18.5 Å². The lowest BCUT2D eigenvalue weighted by molar-refractivity contribution is 0.584. The highest BCUT2D eigenvalue weighted by Crippen LogP contribution is 2.33. The van der Waals surface area contributed by atoms with E-state index in [4.69, 9.17) is 0 Å². The molecule has 0 aliphatic carbocycles. The molecule has 0 aromatic heterocycles. The molecular weight excluding hydrogens is 160 g/mol. The zero-order valence-electron chi connectivity index (χ0n) is 6.70. The summed E-state index contributed by atoms with van der Waals surface area (Å²) in [4.78, 5) is 0. The van der Waals surface area contributed by atoms with Crippen LogP contribution in [0.15, 0.2) is 12.1 Å². The van der Waals surface area contributed by atoms with Gasteiger partial charge in [0.2, 0.25) is 0 Å². The highest BCUT2D eigenvalue weighted by molar-refractivity contribution is 5.58. The van der Waals surface area contributed by atoms with E-state index in [0.29, 0.717) is 12.2 Å². The lowest BCUT2D eigenvalue weighted by atomic mass is 10.0. The van der Waals surface area contributed by atoms with Gasteiger partial charge in [0.05, 0.1) is 5.69 Å². The number of hydrogen-bond donors (Lipinski definition) is 1. The maximum absolute atomic E-state index is 13.0. The summed E-state index contributed by atoms with van der Waals surface area (Å²) < 4.78 is 25.8. The highest BCUT2D eigenvalue weighted by atomic mass is 19.1. The summed E-state index contributed by atoms with van der Waals surface area (Å²) in [6, 6.07) is 2.30. The van der Waals surface area contributed by atoms with Crippen LogP contribution in [0.1, 0.15) is 18.4 Å². The van der Waals surface area contributed by atoms with E-state index in [0.717, 1.165) is 11.6 Å². The van der Waals surface area contributed by atoms with Crippen LogP contribution < -0.4 is 5.32 Å². The number of nitrogens with one attached hydrogen (secondary N) is 1. The van der Waals surface area contributed by atoms with Crippen LogP contribution in [0, 0.1) is 11.6 Å². The van der Waals surface area contributed by atoms with Gasteiger partial charge in [-0.05, 0) is 11.6 Å². The molecule has 0 saturated heterocycles. The standard InChI is InChI=1S/C9H9F2N/c1-5-4-12-9-7(5)2-6(10)3-8(9)11/h2-3,5,12H,4H2,1H3. The van der Waals surface area contributed by atoms with Crippen molar-refractivity contribution in [2.75, 3.05) is 11.9 Å². The van der Waals surface area contributed by atoms with Crippen LogP contribution in [0.4, 0.5) is 14.5 Å². The van der Waals surface area contributed by atoms with Gasteiger partial charge in [-0.3, -0.25) is 0 Å². The predicted molar refractivity (Wildman–Crippen MR) is 43.3 cm³/mol. The Morgan fingerprint density at radius 1 is 1.42 bits per heavy atom. The van der Waals surface area contributed by atoms with Crippen molar-refractivity contribution in [1.29, 1.82) is 0 Å². The minimum Gasteiger partial charge on any atom is -0.382 e. The Balaban J connectivity index is 2.60. The normalized spacial score (nSPS) is 20.4. The molecule has 1 aromatic rings. The van der Waals surface area contributed by atoms with Crippen molar-refractivity contribution in [1.82, 2.24) is 0 Å². The van der Waals surface area contributed by atoms with E-state index in [1.54, 1.807) is 0 Å². The Kier molecular flexibility index (Phi) is 1.53. The topological polar surface area (TPSA) is 12.0 Å². The molecule has 12 heavy (non-hydrogen) atoms. The lowest BCUT2D eigenvalue weighted by Crippen LogP contribution is -1.96. The highest BCUT2D eigenvalue weighted by Gasteiger charge is 2.21. The molecule has 0 fully saturated rings. The second-order valence-electron chi connectivity index (χ2n) is 3.13. The number of benzene rings is 1. The molecule has 1 atom stereocenters. The first kappa shape index (κ1) is 7.53. The Labute approximate surface area is 69.4 Å². The molecule has 0 bridgehead atoms. The minimum atomic E-state index is -0.498. The van der Waals surface area contributed by atoms with Gasteiger partial charge >= 0.3 is 0 Å². The smallest absolute Gasteiger partial charge is 0.149 e. The first-order chi connectivity index (χ1) is 5.68. The molecule has 2 rings (SSSR count). The van der Waals surface area contributed by atoms with E-state index >= 15 is 0 Å². The fourth-order valence-corrected chi connectivity index (χ4v) is 1.53. The Morgan fingerprint density at radius 2 is 2.17 bits per heavy atom. The minimum absolute atomic E-state index is 0.199. The summed E-state index contributed by atoms with van der Waals surface area (Å²) in [5.74, 6) is -0.790. The van der Waals surface area contributed by atoms with Crippen molar-refractivity contribution in [3.8, 4) is 0 Å². The SMILES string of the molecule is CC1CNc2c(F)cc(F)cc21. The number of fused-ring (bicyclic) bond motifs is 1. The van der Waals surface area contributed by atoms with E-state index in [2.05, 4.69) is 5.32 Å². The lowest BCUT2D eigenvalue weighted by Gasteiger charge is -2.02. The summed E-state index contributed by atoms with van der Waals surface area (Å²) in [6.45, 7) is 2.63. The van der Waals surface area contributed by atoms with Gasteiger partial charge in [-0.1, -0.05) is 6.92 Å². The fourth-order valence-electron chi connectivity index (χ4n) is 1.53. The molecule has 1 aliphatic heterocycles. The van der Waals surface area contributed by atoms with E-state index in [1.807, 2.05) is 6.92 Å². The molecule has 0 radical (unpaired) electrons. The van der Waals surface area contributed by atoms with E-state index in [1.165, 1.54) is 6.07 Å². The third kappa shape index (κ3) is 0.967. The summed E-state index contributed by atoms with van der Waals surface area (Å²) >= 11 is 0. The predicted octanol–water partition coefficient (Wildman–Crippen LogP) is 2.49. The van der Waals surface area contributed by atoms with Crippen LogP contribution in [0.5, 0.6) is 0 Å². The fraction of sp³-hybridized carbons (Fsp3) is 0.333. The summed E-state index contributed by atoms with van der Waals surface area (Å²) in [5.41, 5.74) is 1.21. The van der Waals surface area contributed by atoms with Crippen LogP contribution in [-0.2, 0) is 0 Å². The number of hydrogen-bond acceptors (Lipinski definition) is 1. The first-order valence-corrected chi connectivity index (χ1v) is 3.91. The maximum Gasteiger partial charge on any atom is 0.149 e. The average molecular weight is 169 g/mol. The van der Waals surface area contributed by atoms with Crippen LogP contribution in [0.2, 0.25) is 0 Å². The Bertz CT molecular complexity index is 323. The molecule has 1 N–H and O–H groups in total. The largest absolute Gasteiger partial charge is 0.382 e. The van der Waals surface area contributed by atoms with Crippen LogP contribution >= 0.6 is 0 Å². The molecule has 3 heteroatoms. The summed E-state index contributed by atoms with van der Waals surface area (Å²) in [6.07, 6.45) is 0. The molecule has 1 unspecified atom stereocenters. The van der Waals surface area contributed by atoms with E-state index in [-0.39, 0.29) is 5.92 Å². The van der Waals surface area contributed by atoms with Gasteiger partial charge in [-0.2, -0.15) is 0 Å². The van der Waals surface area contributed by atoms with Crippen molar-refractivity contribution < 1.29 is 8.78 Å². The molecule has 0 amide bonds. The van der Waals surface area contributed by atoms with Gasteiger partial charge in [0.1, 0.15) is 11.6 Å². The van der Waals surface area contributed by atoms with Crippen molar-refractivity contribution in [3.63, 3.8) is 0 Å². The Morgan fingerprint density at radius 3 is 2.92 bits per heavy atom. The quantitative estimate of drug-likeness (QED) is 0.629. The second kappa shape index (κ2) is 2.44. The molecule has 1 nitrogen and oxygen atoms in total. The zero-order chi connectivity index (χ0) is 8.72. The molecule has 0 spiro atoms. The third-order valence-electron chi connectivity index (χ3n) is 2.20. The van der Waals surface area contributed by atoms with Gasteiger partial charge in [0.15, 0.2) is 0 Å². The molecule has 1 aliphatic rings. The van der Waals surface area contributed by atoms with Crippen LogP contribution in [0.25, 0.3) is 0 Å². The molecule has 64 valence electrons. The third-order valence-corrected chi connectivity index (χ3v) is 2.20. The maximum atomic E-state index is 13.0. The van der Waals surface area contributed by atoms with Crippen molar-refractivity contribution >= 4 is 5.69 Å². The molecular formula is C9H9F2N. The number of anilines is 1. The van der Waals surface area contributed by atoms with Crippen LogP contribution in [0.3, 0.4) is 0 Å². The first-order valence-electron chi connectivity index (χ1n) is 3.91. The summed E-state index contributed by atoms with van der Waals surface area (Å²) in [5, 5.41) is 2.90. The Hall–Kier alpha value is -1.12. The van der Waals surface area contributed by atoms with Crippen LogP contribution in [-0.4, -0.2) is 6.54 Å². The van der Waals surface area contributed by atoms with Crippen molar-refractivity contribution in [3.05, 3.63) is 29.3 Å². The molecule has 1 aromatic carbocycles. The van der Waals surface area contributed by atoms with E-state index in [9.17, 15) is 8.78 Å². The molecule has 0 saturated carbocycles. The zero-order valence-corrected chi connectivity index (χ0v) is 6.70. The van der Waals surface area contributed by atoms with Crippen molar-refractivity contribution in [2.45, 2.75) is 12.8 Å². The van der Waals surface area contributed by atoms with Gasteiger partial charge in [0.25, 0.3) is 0 Å². The molecule has 1 heterocycles. The average Bonchev–Trinajstić information content (AvgIpc) is 2.33. The van der Waals surface area contributed by atoms with Gasteiger partial charge < -0.3 is 5.32 Å².